The van der Waals surface area contributed by atoms with Crippen LogP contribution in [0.4, 0.5) is 14.7 Å². The zero-order valence-corrected chi connectivity index (χ0v) is 15.5. The predicted octanol–water partition coefficient (Wildman–Crippen LogP) is 1.86. The van der Waals surface area contributed by atoms with Crippen LogP contribution in [0.5, 0.6) is 5.88 Å². The lowest BCUT2D eigenvalue weighted by atomic mass is 10.0. The molecule has 1 fully saturated rings. The van der Waals surface area contributed by atoms with Crippen molar-refractivity contribution in [3.8, 4) is 17.0 Å². The Morgan fingerprint density at radius 2 is 2.21 bits per heavy atom. The normalized spacial score (nSPS) is 18.9. The second-order valence-electron chi connectivity index (χ2n) is 6.87. The third-order valence-corrected chi connectivity index (χ3v) is 5.01. The van der Waals surface area contributed by atoms with Crippen LogP contribution in [0.15, 0.2) is 37.1 Å². The smallest absolute Gasteiger partial charge is 0.280 e. The maximum atomic E-state index is 14.1. The number of halogens is 2. The van der Waals surface area contributed by atoms with Gasteiger partial charge < -0.3 is 15.4 Å². The highest BCUT2D eigenvalue weighted by Gasteiger charge is 2.42. The molecule has 0 bridgehead atoms. The highest BCUT2D eigenvalue weighted by Crippen LogP contribution is 2.32. The fraction of sp³-hybridized carbons (Fsp3) is 0.333. The fourth-order valence-electron chi connectivity index (χ4n) is 3.55. The molecule has 1 atom stereocenters. The van der Waals surface area contributed by atoms with Gasteiger partial charge >= 0.3 is 0 Å². The molecular formula is C18H18F2N8O. The fourth-order valence-corrected chi connectivity index (χ4v) is 3.55. The molecule has 0 spiro atoms. The number of imidazole rings is 1. The molecule has 9 nitrogen and oxygen atoms in total. The first-order valence-electron chi connectivity index (χ1n) is 9.13. The molecule has 1 unspecified atom stereocenters. The number of ether oxygens (including phenoxy) is 1. The van der Waals surface area contributed by atoms with Crippen LogP contribution in [-0.2, 0) is 0 Å². The zero-order chi connectivity index (χ0) is 20.0. The van der Waals surface area contributed by atoms with Gasteiger partial charge in [-0.2, -0.15) is 4.98 Å². The highest BCUT2D eigenvalue weighted by atomic mass is 19.3. The molecule has 5 heterocycles. The molecule has 4 aromatic heterocycles. The van der Waals surface area contributed by atoms with E-state index in [4.69, 9.17) is 4.74 Å². The lowest BCUT2D eigenvalue weighted by Gasteiger charge is -2.32. The monoisotopic (exact) mass is 400 g/mol. The quantitative estimate of drug-likeness (QED) is 0.540. The summed E-state index contributed by atoms with van der Waals surface area (Å²) >= 11 is 0. The van der Waals surface area contributed by atoms with Crippen molar-refractivity contribution in [1.29, 1.82) is 0 Å². The molecule has 2 N–H and O–H groups in total. The Bertz CT molecular complexity index is 1190. The van der Waals surface area contributed by atoms with Crippen LogP contribution < -0.4 is 15.4 Å². The van der Waals surface area contributed by atoms with E-state index in [0.29, 0.717) is 17.8 Å². The minimum atomic E-state index is -2.89. The van der Waals surface area contributed by atoms with Crippen molar-refractivity contribution in [1.82, 2.24) is 34.3 Å². The number of anilines is 1. The van der Waals surface area contributed by atoms with Gasteiger partial charge in [-0.1, -0.05) is 0 Å². The Morgan fingerprint density at radius 1 is 1.31 bits per heavy atom. The molecule has 1 aliphatic heterocycles. The Kier molecular flexibility index (Phi) is 4.05. The molecule has 5 rings (SSSR count). The summed E-state index contributed by atoms with van der Waals surface area (Å²) in [5, 5.41) is 9.84. The average Bonchev–Trinajstić information content (AvgIpc) is 3.35. The van der Waals surface area contributed by atoms with Crippen molar-refractivity contribution in [2.45, 2.75) is 18.4 Å². The van der Waals surface area contributed by atoms with Gasteiger partial charge in [0.15, 0.2) is 0 Å². The van der Waals surface area contributed by atoms with E-state index in [1.54, 1.807) is 33.7 Å². The number of nitrogens with one attached hydrogen (secondary N) is 2. The summed E-state index contributed by atoms with van der Waals surface area (Å²) in [5.74, 6) is -1.93. The SMILES string of the molecule is COc1nc(NC2CCNCC2(F)F)nn2ccc(-c3cnc4nccn4c3)c12. The molecular weight excluding hydrogens is 382 g/mol. The third kappa shape index (κ3) is 3.03. The second-order valence-corrected chi connectivity index (χ2v) is 6.87. The molecule has 150 valence electrons. The maximum absolute atomic E-state index is 14.1. The van der Waals surface area contributed by atoms with E-state index >= 15 is 0 Å². The summed E-state index contributed by atoms with van der Waals surface area (Å²) in [6.45, 7) is 0.130. The van der Waals surface area contributed by atoms with Gasteiger partial charge in [0.2, 0.25) is 17.6 Å². The number of nitrogens with zero attached hydrogens (tertiary/aromatic N) is 6. The Morgan fingerprint density at radius 3 is 3.03 bits per heavy atom. The van der Waals surface area contributed by atoms with E-state index in [1.807, 2.05) is 12.3 Å². The van der Waals surface area contributed by atoms with Crippen LogP contribution in [0.1, 0.15) is 6.42 Å². The number of hydrogen-bond acceptors (Lipinski definition) is 7. The summed E-state index contributed by atoms with van der Waals surface area (Å²) in [6.07, 6.45) is 9.08. The number of rotatable bonds is 4. The van der Waals surface area contributed by atoms with E-state index in [1.165, 1.54) is 7.11 Å². The number of methoxy groups -OCH3 is 1. The molecule has 0 amide bonds. The number of fused-ring (bicyclic) bond motifs is 2. The summed E-state index contributed by atoms with van der Waals surface area (Å²) in [6, 6.07) is 0.809. The van der Waals surface area contributed by atoms with Crippen molar-refractivity contribution >= 4 is 17.2 Å². The molecule has 0 radical (unpaired) electrons. The first kappa shape index (κ1) is 17.7. The second kappa shape index (κ2) is 6.62. The van der Waals surface area contributed by atoms with E-state index in [2.05, 4.69) is 30.7 Å². The molecule has 0 aliphatic carbocycles. The third-order valence-electron chi connectivity index (χ3n) is 5.01. The first-order chi connectivity index (χ1) is 14.0. The minimum Gasteiger partial charge on any atom is -0.479 e. The standard InChI is InChI=1S/C18H18F2N8O/c1-29-15-14-12(11-8-23-17-22-5-7-27(17)9-11)3-6-28(14)26-16(25-15)24-13-2-4-21-10-18(13,19)20/h3,5-9,13,21H,2,4,10H2,1H3,(H,24,26). The molecule has 0 aromatic carbocycles. The summed E-state index contributed by atoms with van der Waals surface area (Å²) < 4.78 is 37.1. The zero-order valence-electron chi connectivity index (χ0n) is 15.5. The Balaban J connectivity index is 1.55. The molecule has 0 saturated carbocycles. The van der Waals surface area contributed by atoms with Crippen molar-refractivity contribution < 1.29 is 13.5 Å². The van der Waals surface area contributed by atoms with Crippen LogP contribution >= 0.6 is 0 Å². The van der Waals surface area contributed by atoms with Crippen molar-refractivity contribution in [3.05, 3.63) is 37.1 Å². The molecule has 1 aliphatic rings. The molecule has 1 saturated heterocycles. The van der Waals surface area contributed by atoms with Crippen LogP contribution in [-0.4, -0.2) is 61.1 Å². The van der Waals surface area contributed by atoms with Crippen LogP contribution in [0, 0.1) is 0 Å². The van der Waals surface area contributed by atoms with Crippen LogP contribution in [0.3, 0.4) is 0 Å². The van der Waals surface area contributed by atoms with E-state index < -0.39 is 12.0 Å². The molecule has 4 aromatic rings. The molecule has 11 heteroatoms. The van der Waals surface area contributed by atoms with Gasteiger partial charge in [0.25, 0.3) is 5.92 Å². The van der Waals surface area contributed by atoms with E-state index in [0.717, 1.165) is 11.1 Å². The molecule has 29 heavy (non-hydrogen) atoms. The number of piperidine rings is 1. The Hall–Kier alpha value is -3.34. The van der Waals surface area contributed by atoms with Gasteiger partial charge in [0.1, 0.15) is 5.52 Å². The Labute approximate surface area is 163 Å². The van der Waals surface area contributed by atoms with E-state index in [9.17, 15) is 8.78 Å². The number of aromatic nitrogens is 6. The van der Waals surface area contributed by atoms with Gasteiger partial charge in [0.05, 0.1) is 19.7 Å². The summed E-state index contributed by atoms with van der Waals surface area (Å²) in [7, 11) is 1.49. The van der Waals surface area contributed by atoms with Crippen LogP contribution in [0.2, 0.25) is 0 Å². The van der Waals surface area contributed by atoms with Crippen molar-refractivity contribution in [2.24, 2.45) is 0 Å². The van der Waals surface area contributed by atoms with Gasteiger partial charge in [-0.25, -0.2) is 23.3 Å². The largest absolute Gasteiger partial charge is 0.479 e. The van der Waals surface area contributed by atoms with Crippen molar-refractivity contribution in [3.63, 3.8) is 0 Å². The summed E-state index contributed by atoms with van der Waals surface area (Å²) in [4.78, 5) is 12.8. The lowest BCUT2D eigenvalue weighted by molar-refractivity contribution is -0.0324. The van der Waals surface area contributed by atoms with Crippen LogP contribution in [0.25, 0.3) is 22.4 Å². The maximum Gasteiger partial charge on any atom is 0.280 e. The van der Waals surface area contributed by atoms with Gasteiger partial charge in [0, 0.05) is 42.1 Å². The van der Waals surface area contributed by atoms with Gasteiger partial charge in [-0.05, 0) is 19.0 Å². The minimum absolute atomic E-state index is 0.0891. The lowest BCUT2D eigenvalue weighted by Crippen LogP contribution is -2.53. The number of hydrogen-bond donors (Lipinski definition) is 2. The highest BCUT2D eigenvalue weighted by molar-refractivity contribution is 5.84. The average molecular weight is 400 g/mol. The van der Waals surface area contributed by atoms with E-state index in [-0.39, 0.29) is 24.8 Å². The topological polar surface area (TPSA) is 93.7 Å². The van der Waals surface area contributed by atoms with Crippen molar-refractivity contribution in [2.75, 3.05) is 25.5 Å². The first-order valence-corrected chi connectivity index (χ1v) is 9.13. The number of alkyl halides is 2. The predicted molar refractivity (Wildman–Crippen MR) is 101 cm³/mol. The van der Waals surface area contributed by atoms with Gasteiger partial charge in [-0.15, -0.1) is 5.10 Å². The van der Waals surface area contributed by atoms with Gasteiger partial charge in [-0.3, -0.25) is 4.40 Å². The summed E-state index contributed by atoms with van der Waals surface area (Å²) in [5.41, 5.74) is 2.26.